The van der Waals surface area contributed by atoms with Gasteiger partial charge in [-0.05, 0) is 36.8 Å². The highest BCUT2D eigenvalue weighted by molar-refractivity contribution is 9.10. The third-order valence-corrected chi connectivity index (χ3v) is 4.36. The molecule has 1 N–H and O–H groups in total. The summed E-state index contributed by atoms with van der Waals surface area (Å²) in [5.41, 5.74) is 3.50. The largest absolute Gasteiger partial charge is 0.314 e. The van der Waals surface area contributed by atoms with E-state index in [1.165, 1.54) is 5.56 Å². The van der Waals surface area contributed by atoms with Crippen LogP contribution in [-0.2, 0) is 0 Å². The first-order valence-corrected chi connectivity index (χ1v) is 8.17. The van der Waals surface area contributed by atoms with E-state index in [9.17, 15) is 0 Å². The van der Waals surface area contributed by atoms with Crippen LogP contribution in [0.25, 0.3) is 0 Å². The summed E-state index contributed by atoms with van der Waals surface area (Å²) in [5, 5.41) is 3.42. The zero-order valence-electron chi connectivity index (χ0n) is 12.2. The number of aromatic nitrogens is 1. The van der Waals surface area contributed by atoms with E-state index in [1.807, 2.05) is 0 Å². The molecule has 1 unspecified atom stereocenters. The summed E-state index contributed by atoms with van der Waals surface area (Å²) in [5.74, 6) is 0. The number of aryl methyl sites for hydroxylation is 1. The third kappa shape index (κ3) is 3.51. The van der Waals surface area contributed by atoms with Gasteiger partial charge < -0.3 is 5.32 Å². The van der Waals surface area contributed by atoms with Crippen molar-refractivity contribution in [3.63, 3.8) is 0 Å². The van der Waals surface area contributed by atoms with Gasteiger partial charge in [0.2, 0.25) is 0 Å². The van der Waals surface area contributed by atoms with Gasteiger partial charge in [-0.3, -0.25) is 9.88 Å². The molecule has 1 aliphatic rings. The lowest BCUT2D eigenvalue weighted by molar-refractivity contribution is 0.195. The molecule has 3 rings (SSSR count). The van der Waals surface area contributed by atoms with E-state index in [1.54, 1.807) is 0 Å². The van der Waals surface area contributed by atoms with Crippen molar-refractivity contribution in [3.8, 4) is 0 Å². The fourth-order valence-corrected chi connectivity index (χ4v) is 3.32. The second-order valence-electron chi connectivity index (χ2n) is 5.45. The molecule has 0 aliphatic carbocycles. The number of nitrogens with zero attached hydrogens (tertiary/aromatic N) is 2. The summed E-state index contributed by atoms with van der Waals surface area (Å²) in [6.45, 7) is 6.23. The first-order chi connectivity index (χ1) is 10.2. The van der Waals surface area contributed by atoms with Gasteiger partial charge in [0, 0.05) is 36.3 Å². The van der Waals surface area contributed by atoms with Crippen LogP contribution in [0, 0.1) is 6.92 Å². The zero-order chi connectivity index (χ0) is 14.7. The number of benzene rings is 1. The van der Waals surface area contributed by atoms with Crippen LogP contribution >= 0.6 is 15.9 Å². The summed E-state index contributed by atoms with van der Waals surface area (Å²) in [7, 11) is 0. The lowest BCUT2D eigenvalue weighted by atomic mass is 10.0. The molecule has 4 heteroatoms. The fraction of sp³-hybridized carbons (Fsp3) is 0.353. The van der Waals surface area contributed by atoms with Gasteiger partial charge >= 0.3 is 0 Å². The van der Waals surface area contributed by atoms with Gasteiger partial charge in [-0.15, -0.1) is 0 Å². The van der Waals surface area contributed by atoms with Crippen LogP contribution in [0.2, 0.25) is 0 Å². The molecule has 110 valence electrons. The number of halogens is 1. The Morgan fingerprint density at radius 1 is 1.14 bits per heavy atom. The number of rotatable bonds is 3. The maximum Gasteiger partial charge on any atom is 0.0777 e. The van der Waals surface area contributed by atoms with Crippen molar-refractivity contribution in [1.82, 2.24) is 15.2 Å². The van der Waals surface area contributed by atoms with Crippen molar-refractivity contribution in [1.29, 1.82) is 0 Å². The van der Waals surface area contributed by atoms with Crippen molar-refractivity contribution in [3.05, 3.63) is 63.9 Å². The first kappa shape index (κ1) is 14.7. The Morgan fingerprint density at radius 2 is 1.90 bits per heavy atom. The van der Waals surface area contributed by atoms with E-state index in [0.29, 0.717) is 0 Å². The van der Waals surface area contributed by atoms with Gasteiger partial charge in [-0.2, -0.15) is 0 Å². The van der Waals surface area contributed by atoms with Crippen LogP contribution in [-0.4, -0.2) is 36.1 Å². The van der Waals surface area contributed by atoms with Gasteiger partial charge in [0.1, 0.15) is 0 Å². The summed E-state index contributed by atoms with van der Waals surface area (Å²) in [6.07, 6.45) is 0. The number of piperazine rings is 1. The molecule has 0 spiro atoms. The topological polar surface area (TPSA) is 28.2 Å². The van der Waals surface area contributed by atoms with Crippen molar-refractivity contribution >= 4 is 15.9 Å². The van der Waals surface area contributed by atoms with Crippen LogP contribution in [0.1, 0.15) is 23.0 Å². The number of pyridine rings is 1. The van der Waals surface area contributed by atoms with Gasteiger partial charge in [0.15, 0.2) is 0 Å². The lowest BCUT2D eigenvalue weighted by Gasteiger charge is -2.35. The minimum absolute atomic E-state index is 0.226. The van der Waals surface area contributed by atoms with Crippen molar-refractivity contribution in [2.45, 2.75) is 13.0 Å². The van der Waals surface area contributed by atoms with Gasteiger partial charge in [-0.1, -0.05) is 34.1 Å². The van der Waals surface area contributed by atoms with Gasteiger partial charge in [0.05, 0.1) is 11.7 Å². The average Bonchev–Trinajstić information content (AvgIpc) is 2.49. The maximum absolute atomic E-state index is 4.78. The lowest BCUT2D eigenvalue weighted by Crippen LogP contribution is -2.45. The second-order valence-corrected chi connectivity index (χ2v) is 6.36. The first-order valence-electron chi connectivity index (χ1n) is 7.38. The standard InChI is InChI=1S/C17H20BrN3/c1-13-4-2-7-16(20-13)17(21-10-8-19-9-11-21)14-5-3-6-15(18)12-14/h2-7,12,17,19H,8-11H2,1H3. The molecule has 1 aromatic heterocycles. The molecule has 0 saturated carbocycles. The van der Waals surface area contributed by atoms with Crippen LogP contribution in [0.15, 0.2) is 46.9 Å². The number of hydrogen-bond donors (Lipinski definition) is 1. The van der Waals surface area contributed by atoms with E-state index in [2.05, 4.69) is 75.5 Å². The van der Waals surface area contributed by atoms with Gasteiger partial charge in [0.25, 0.3) is 0 Å². The van der Waals surface area contributed by atoms with Crippen LogP contribution < -0.4 is 5.32 Å². The zero-order valence-corrected chi connectivity index (χ0v) is 13.8. The summed E-state index contributed by atoms with van der Waals surface area (Å²) in [6, 6.07) is 15.1. The maximum atomic E-state index is 4.78. The molecule has 0 bridgehead atoms. The molecule has 1 fully saturated rings. The Morgan fingerprint density at radius 3 is 2.62 bits per heavy atom. The normalized spacial score (nSPS) is 17.6. The minimum Gasteiger partial charge on any atom is -0.314 e. The van der Waals surface area contributed by atoms with Crippen LogP contribution in [0.5, 0.6) is 0 Å². The van der Waals surface area contributed by atoms with Crippen LogP contribution in [0.4, 0.5) is 0 Å². The highest BCUT2D eigenvalue weighted by Gasteiger charge is 2.25. The predicted octanol–water partition coefficient (Wildman–Crippen LogP) is 3.15. The van der Waals surface area contributed by atoms with Crippen molar-refractivity contribution in [2.24, 2.45) is 0 Å². The molecule has 21 heavy (non-hydrogen) atoms. The molecule has 1 aliphatic heterocycles. The van der Waals surface area contributed by atoms with E-state index >= 15 is 0 Å². The number of hydrogen-bond acceptors (Lipinski definition) is 3. The van der Waals surface area contributed by atoms with Crippen molar-refractivity contribution in [2.75, 3.05) is 26.2 Å². The fourth-order valence-electron chi connectivity index (χ4n) is 2.90. The van der Waals surface area contributed by atoms with Crippen molar-refractivity contribution < 1.29 is 0 Å². The Kier molecular flexibility index (Phi) is 4.68. The SMILES string of the molecule is Cc1cccc(C(c2cccc(Br)c2)N2CCNCC2)n1. The molecule has 1 atom stereocenters. The Labute approximate surface area is 134 Å². The molecule has 2 heterocycles. The molecule has 2 aromatic rings. The Hall–Kier alpha value is -1.23. The molecule has 0 amide bonds. The van der Waals surface area contributed by atoms with E-state index in [0.717, 1.165) is 42.0 Å². The molecule has 1 aromatic carbocycles. The monoisotopic (exact) mass is 345 g/mol. The summed E-state index contributed by atoms with van der Waals surface area (Å²) >= 11 is 3.59. The van der Waals surface area contributed by atoms with E-state index in [-0.39, 0.29) is 6.04 Å². The second kappa shape index (κ2) is 6.69. The molecule has 1 saturated heterocycles. The average molecular weight is 346 g/mol. The van der Waals surface area contributed by atoms with E-state index in [4.69, 9.17) is 4.98 Å². The third-order valence-electron chi connectivity index (χ3n) is 3.87. The molecular weight excluding hydrogens is 326 g/mol. The smallest absolute Gasteiger partial charge is 0.0777 e. The van der Waals surface area contributed by atoms with Crippen LogP contribution in [0.3, 0.4) is 0 Å². The summed E-state index contributed by atoms with van der Waals surface area (Å²) in [4.78, 5) is 7.29. The Bertz CT molecular complexity index is 563. The minimum atomic E-state index is 0.226. The summed E-state index contributed by atoms with van der Waals surface area (Å²) < 4.78 is 1.12. The van der Waals surface area contributed by atoms with Gasteiger partial charge in [-0.25, -0.2) is 0 Å². The molecular formula is C17H20BrN3. The highest BCUT2D eigenvalue weighted by atomic mass is 79.9. The molecule has 3 nitrogen and oxygen atoms in total. The molecule has 0 radical (unpaired) electrons. The predicted molar refractivity (Wildman–Crippen MR) is 89.4 cm³/mol. The number of nitrogens with one attached hydrogen (secondary N) is 1. The Balaban J connectivity index is 2.01. The highest BCUT2D eigenvalue weighted by Crippen LogP contribution is 2.29. The quantitative estimate of drug-likeness (QED) is 0.926. The van der Waals surface area contributed by atoms with E-state index < -0.39 is 0 Å².